The molecule has 3 aromatic rings. The minimum absolute atomic E-state index is 0.131. The van der Waals surface area contributed by atoms with Gasteiger partial charge >= 0.3 is 0 Å². The first-order valence-corrected chi connectivity index (χ1v) is 12.5. The zero-order valence-corrected chi connectivity index (χ0v) is 18.8. The largest absolute Gasteiger partial charge is 0.342 e. The van der Waals surface area contributed by atoms with Crippen LogP contribution in [0.15, 0.2) is 30.3 Å². The maximum atomic E-state index is 13.1. The maximum absolute atomic E-state index is 13.1. The van der Waals surface area contributed by atoms with Crippen LogP contribution < -0.4 is 0 Å². The van der Waals surface area contributed by atoms with E-state index < -0.39 is 0 Å². The number of thiophene rings is 2. The maximum Gasteiger partial charge on any atom is 0.264 e. The Kier molecular flexibility index (Phi) is 5.76. The van der Waals surface area contributed by atoms with Crippen molar-refractivity contribution >= 4 is 54.0 Å². The molecule has 7 heteroatoms. The summed E-state index contributed by atoms with van der Waals surface area (Å²) in [5.41, 5.74) is 0. The third-order valence-electron chi connectivity index (χ3n) is 6.24. The molecule has 5 rings (SSSR count). The number of nitrogens with zero attached hydrogens (tertiary/aromatic N) is 3. The quantitative estimate of drug-likeness (QED) is 0.609. The van der Waals surface area contributed by atoms with Crippen molar-refractivity contribution in [1.29, 1.82) is 0 Å². The SMILES string of the molecule is O=C(CN1CCN(C(=O)c2cc3sc4ccccc4c3s2)CC1)N1CCCCCC1. The molecule has 0 atom stereocenters. The molecule has 5 nitrogen and oxygen atoms in total. The smallest absolute Gasteiger partial charge is 0.264 e. The lowest BCUT2D eigenvalue weighted by molar-refractivity contribution is -0.132. The summed E-state index contributed by atoms with van der Waals surface area (Å²) in [6.45, 7) is 5.23. The van der Waals surface area contributed by atoms with E-state index in [0.717, 1.165) is 43.9 Å². The predicted octanol–water partition coefficient (Wildman–Crippen LogP) is 4.28. The predicted molar refractivity (Wildman–Crippen MR) is 125 cm³/mol. The van der Waals surface area contributed by atoms with E-state index in [0.29, 0.717) is 19.6 Å². The average Bonchev–Trinajstić information content (AvgIpc) is 3.20. The second-order valence-corrected chi connectivity index (χ2v) is 10.4. The Morgan fingerprint density at radius 1 is 0.800 bits per heavy atom. The van der Waals surface area contributed by atoms with Crippen LogP contribution in [0.1, 0.15) is 35.4 Å². The molecule has 2 fully saturated rings. The highest BCUT2D eigenvalue weighted by Crippen LogP contribution is 2.39. The molecule has 1 aromatic carbocycles. The molecule has 2 amide bonds. The van der Waals surface area contributed by atoms with E-state index >= 15 is 0 Å². The summed E-state index contributed by atoms with van der Waals surface area (Å²) in [7, 11) is 0. The number of hydrogen-bond acceptors (Lipinski definition) is 5. The summed E-state index contributed by atoms with van der Waals surface area (Å²) < 4.78 is 3.70. The van der Waals surface area contributed by atoms with Gasteiger partial charge in [-0.2, -0.15) is 0 Å². The Hall–Kier alpha value is -1.96. The highest BCUT2D eigenvalue weighted by molar-refractivity contribution is 7.33. The van der Waals surface area contributed by atoms with Crippen molar-refractivity contribution in [3.63, 3.8) is 0 Å². The summed E-state index contributed by atoms with van der Waals surface area (Å²) in [6, 6.07) is 10.5. The molecule has 0 saturated carbocycles. The van der Waals surface area contributed by atoms with Crippen LogP contribution in [0.5, 0.6) is 0 Å². The van der Waals surface area contributed by atoms with E-state index in [4.69, 9.17) is 0 Å². The van der Waals surface area contributed by atoms with Crippen LogP contribution in [0.25, 0.3) is 19.5 Å². The molecule has 0 spiro atoms. The molecule has 0 bridgehead atoms. The Morgan fingerprint density at radius 3 is 2.30 bits per heavy atom. The number of carbonyl (C=O) groups is 2. The zero-order valence-electron chi connectivity index (χ0n) is 17.1. The Morgan fingerprint density at radius 2 is 1.53 bits per heavy atom. The van der Waals surface area contributed by atoms with Crippen molar-refractivity contribution in [2.24, 2.45) is 0 Å². The number of benzene rings is 1. The molecular weight excluding hydrogens is 414 g/mol. The molecule has 0 aliphatic carbocycles. The monoisotopic (exact) mass is 441 g/mol. The molecular formula is C23H27N3O2S2. The number of amides is 2. The van der Waals surface area contributed by atoms with Gasteiger partial charge < -0.3 is 9.80 Å². The third-order valence-corrected chi connectivity index (χ3v) is 8.64. The van der Waals surface area contributed by atoms with Crippen molar-refractivity contribution in [2.75, 3.05) is 45.8 Å². The molecule has 0 radical (unpaired) electrons. The van der Waals surface area contributed by atoms with E-state index in [-0.39, 0.29) is 11.8 Å². The Balaban J connectivity index is 1.19. The summed E-state index contributed by atoms with van der Waals surface area (Å²) in [5.74, 6) is 0.382. The third kappa shape index (κ3) is 3.98. The van der Waals surface area contributed by atoms with Crippen LogP contribution >= 0.6 is 22.7 Å². The van der Waals surface area contributed by atoms with Crippen molar-refractivity contribution in [3.8, 4) is 0 Å². The van der Waals surface area contributed by atoms with Gasteiger partial charge in [-0.05, 0) is 25.0 Å². The minimum Gasteiger partial charge on any atom is -0.342 e. The van der Waals surface area contributed by atoms with Gasteiger partial charge in [-0.3, -0.25) is 14.5 Å². The Labute approximate surface area is 184 Å². The molecule has 0 N–H and O–H groups in total. The van der Waals surface area contributed by atoms with E-state index in [1.54, 1.807) is 22.7 Å². The van der Waals surface area contributed by atoms with E-state index in [1.807, 2.05) is 9.80 Å². The van der Waals surface area contributed by atoms with Gasteiger partial charge in [0.25, 0.3) is 5.91 Å². The molecule has 4 heterocycles. The number of fused-ring (bicyclic) bond motifs is 3. The van der Waals surface area contributed by atoms with E-state index in [1.165, 1.54) is 32.3 Å². The first-order chi connectivity index (χ1) is 14.7. The van der Waals surface area contributed by atoms with Gasteiger partial charge in [-0.1, -0.05) is 31.0 Å². The highest BCUT2D eigenvalue weighted by Gasteiger charge is 2.26. The molecule has 2 saturated heterocycles. The lowest BCUT2D eigenvalue weighted by Gasteiger charge is -2.35. The number of hydrogen-bond donors (Lipinski definition) is 0. The van der Waals surface area contributed by atoms with Crippen LogP contribution in [0, 0.1) is 0 Å². The van der Waals surface area contributed by atoms with Crippen LogP contribution in [0.2, 0.25) is 0 Å². The molecule has 158 valence electrons. The van der Waals surface area contributed by atoms with Gasteiger partial charge in [-0.15, -0.1) is 22.7 Å². The van der Waals surface area contributed by atoms with Crippen LogP contribution in [-0.4, -0.2) is 72.3 Å². The lowest BCUT2D eigenvalue weighted by Crippen LogP contribution is -2.51. The van der Waals surface area contributed by atoms with Gasteiger partial charge in [0.15, 0.2) is 0 Å². The fourth-order valence-electron chi connectivity index (χ4n) is 4.48. The highest BCUT2D eigenvalue weighted by atomic mass is 32.1. The first-order valence-electron chi connectivity index (χ1n) is 10.9. The second-order valence-electron chi connectivity index (χ2n) is 8.27. The van der Waals surface area contributed by atoms with Gasteiger partial charge in [0.1, 0.15) is 0 Å². The van der Waals surface area contributed by atoms with Gasteiger partial charge in [-0.25, -0.2) is 0 Å². The fourth-order valence-corrected chi connectivity index (χ4v) is 6.97. The number of likely N-dealkylation sites (tertiary alicyclic amines) is 1. The normalized spacial score (nSPS) is 18.8. The van der Waals surface area contributed by atoms with Crippen molar-refractivity contribution < 1.29 is 9.59 Å². The van der Waals surface area contributed by atoms with Gasteiger partial charge in [0, 0.05) is 54.1 Å². The minimum atomic E-state index is 0.131. The van der Waals surface area contributed by atoms with Crippen molar-refractivity contribution in [3.05, 3.63) is 35.2 Å². The number of piperazine rings is 1. The van der Waals surface area contributed by atoms with Gasteiger partial charge in [0.2, 0.25) is 5.91 Å². The first kappa shape index (κ1) is 20.0. The second kappa shape index (κ2) is 8.65. The van der Waals surface area contributed by atoms with Crippen LogP contribution in [0.4, 0.5) is 0 Å². The number of carbonyl (C=O) groups excluding carboxylic acids is 2. The Bertz CT molecular complexity index is 1060. The molecule has 30 heavy (non-hydrogen) atoms. The van der Waals surface area contributed by atoms with Crippen LogP contribution in [-0.2, 0) is 4.79 Å². The van der Waals surface area contributed by atoms with E-state index in [9.17, 15) is 9.59 Å². The van der Waals surface area contributed by atoms with Crippen molar-refractivity contribution in [1.82, 2.24) is 14.7 Å². The molecule has 2 aliphatic heterocycles. The zero-order chi connectivity index (χ0) is 20.5. The molecule has 2 aliphatic rings. The van der Waals surface area contributed by atoms with E-state index in [2.05, 4.69) is 35.2 Å². The summed E-state index contributed by atoms with van der Waals surface area (Å²) in [4.78, 5) is 32.7. The topological polar surface area (TPSA) is 43.9 Å². The lowest BCUT2D eigenvalue weighted by atomic mass is 10.2. The summed E-state index contributed by atoms with van der Waals surface area (Å²) in [5, 5.41) is 1.25. The number of rotatable bonds is 3. The molecule has 2 aromatic heterocycles. The van der Waals surface area contributed by atoms with Crippen LogP contribution in [0.3, 0.4) is 0 Å². The van der Waals surface area contributed by atoms with Gasteiger partial charge in [0.05, 0.1) is 16.1 Å². The standard InChI is InChI=1S/C23H27N3O2S2/c27-21(25-9-5-1-2-6-10-25)16-24-11-13-26(14-12-24)23(28)20-15-19-22(30-20)17-7-3-4-8-18(17)29-19/h3-4,7-8,15H,1-2,5-6,9-14,16H2. The molecule has 0 unspecified atom stereocenters. The average molecular weight is 442 g/mol. The van der Waals surface area contributed by atoms with Crippen molar-refractivity contribution in [2.45, 2.75) is 25.7 Å². The summed E-state index contributed by atoms with van der Waals surface area (Å²) >= 11 is 3.37. The summed E-state index contributed by atoms with van der Waals surface area (Å²) in [6.07, 6.45) is 4.73. The fraction of sp³-hybridized carbons (Fsp3) is 0.478.